The lowest BCUT2D eigenvalue weighted by atomic mass is 9.93. The number of fused-ring (bicyclic) bond motifs is 1. The highest BCUT2D eigenvalue weighted by molar-refractivity contribution is 7.98. The van der Waals surface area contributed by atoms with Gasteiger partial charge in [0.1, 0.15) is 0 Å². The number of aliphatic imine (C=N–C) groups is 1. The molecule has 0 bridgehead atoms. The van der Waals surface area contributed by atoms with Crippen molar-refractivity contribution in [1.29, 1.82) is 0 Å². The zero-order chi connectivity index (χ0) is 12.4. The van der Waals surface area contributed by atoms with Gasteiger partial charge in [-0.2, -0.15) is 0 Å². The average molecular weight is 253 g/mol. The fourth-order valence-corrected chi connectivity index (χ4v) is 2.75. The van der Waals surface area contributed by atoms with Crippen molar-refractivity contribution < 1.29 is 0 Å². The first-order chi connectivity index (χ1) is 8.88. The van der Waals surface area contributed by atoms with Crippen LogP contribution in [0.25, 0.3) is 0 Å². The van der Waals surface area contributed by atoms with Crippen LogP contribution in [-0.2, 0) is 6.42 Å². The maximum Gasteiger partial charge on any atom is 0.0721 e. The van der Waals surface area contributed by atoms with Crippen LogP contribution in [0.15, 0.2) is 58.4 Å². The normalized spacial score (nSPS) is 13.9. The van der Waals surface area contributed by atoms with Crippen molar-refractivity contribution in [2.24, 2.45) is 4.99 Å². The molecule has 1 heterocycles. The van der Waals surface area contributed by atoms with E-state index < -0.39 is 0 Å². The van der Waals surface area contributed by atoms with Crippen LogP contribution in [0.2, 0.25) is 0 Å². The van der Waals surface area contributed by atoms with Gasteiger partial charge in [0.05, 0.1) is 5.71 Å². The monoisotopic (exact) mass is 253 g/mol. The van der Waals surface area contributed by atoms with Crippen LogP contribution in [0.5, 0.6) is 0 Å². The zero-order valence-electron chi connectivity index (χ0n) is 10.4. The summed E-state index contributed by atoms with van der Waals surface area (Å²) in [6, 6.07) is 17.3. The standard InChI is InChI=1S/C16H15NS/c1-18-14-8-6-13(7-9-14)16-15-5-3-2-4-12(15)10-11-17-16/h2-9H,10-11H2,1H3. The van der Waals surface area contributed by atoms with E-state index in [1.54, 1.807) is 11.8 Å². The van der Waals surface area contributed by atoms with Crippen LogP contribution in [0.3, 0.4) is 0 Å². The molecule has 0 aromatic heterocycles. The van der Waals surface area contributed by atoms with E-state index in [1.807, 2.05) is 0 Å². The minimum Gasteiger partial charge on any atom is -0.284 e. The molecule has 0 radical (unpaired) electrons. The van der Waals surface area contributed by atoms with Crippen molar-refractivity contribution in [3.63, 3.8) is 0 Å². The van der Waals surface area contributed by atoms with Gasteiger partial charge in [0.15, 0.2) is 0 Å². The summed E-state index contributed by atoms with van der Waals surface area (Å²) in [6.07, 6.45) is 3.16. The number of benzene rings is 2. The van der Waals surface area contributed by atoms with Crippen molar-refractivity contribution in [2.75, 3.05) is 12.8 Å². The van der Waals surface area contributed by atoms with Gasteiger partial charge in [0.2, 0.25) is 0 Å². The lowest BCUT2D eigenvalue weighted by molar-refractivity contribution is 0.944. The maximum absolute atomic E-state index is 4.71. The van der Waals surface area contributed by atoms with Crippen molar-refractivity contribution >= 4 is 17.5 Å². The quantitative estimate of drug-likeness (QED) is 0.741. The molecule has 1 nitrogen and oxygen atoms in total. The number of rotatable bonds is 2. The lowest BCUT2D eigenvalue weighted by Crippen LogP contribution is -2.13. The molecule has 0 amide bonds. The first-order valence-corrected chi connectivity index (χ1v) is 7.38. The summed E-state index contributed by atoms with van der Waals surface area (Å²) < 4.78 is 0. The average Bonchev–Trinajstić information content (AvgIpc) is 2.47. The predicted octanol–water partition coefficient (Wildman–Crippen LogP) is 3.80. The Labute approximate surface area is 112 Å². The molecular weight excluding hydrogens is 238 g/mol. The molecule has 0 aliphatic carbocycles. The Morgan fingerprint density at radius 2 is 1.78 bits per heavy atom. The molecule has 1 aliphatic heterocycles. The van der Waals surface area contributed by atoms with Gasteiger partial charge in [-0.1, -0.05) is 36.4 Å². The molecule has 0 fully saturated rings. The minimum absolute atomic E-state index is 0.899. The van der Waals surface area contributed by atoms with E-state index in [0.717, 1.165) is 18.7 Å². The van der Waals surface area contributed by atoms with Crippen LogP contribution in [-0.4, -0.2) is 18.5 Å². The van der Waals surface area contributed by atoms with Crippen molar-refractivity contribution in [2.45, 2.75) is 11.3 Å². The highest BCUT2D eigenvalue weighted by atomic mass is 32.2. The summed E-state index contributed by atoms with van der Waals surface area (Å²) in [5.41, 5.74) is 5.07. The van der Waals surface area contributed by atoms with Crippen molar-refractivity contribution in [1.82, 2.24) is 0 Å². The summed E-state index contributed by atoms with van der Waals surface area (Å²) in [6.45, 7) is 0.899. The molecule has 2 aromatic carbocycles. The predicted molar refractivity (Wildman–Crippen MR) is 78.9 cm³/mol. The van der Waals surface area contributed by atoms with Gasteiger partial charge in [0.25, 0.3) is 0 Å². The summed E-state index contributed by atoms with van der Waals surface area (Å²) >= 11 is 1.77. The molecule has 2 aromatic rings. The highest BCUT2D eigenvalue weighted by Crippen LogP contribution is 2.22. The Morgan fingerprint density at radius 3 is 2.56 bits per heavy atom. The molecule has 0 spiro atoms. The van der Waals surface area contributed by atoms with E-state index >= 15 is 0 Å². The van der Waals surface area contributed by atoms with Crippen LogP contribution in [0.4, 0.5) is 0 Å². The van der Waals surface area contributed by atoms with Gasteiger partial charge in [0, 0.05) is 22.6 Å². The van der Waals surface area contributed by atoms with Crippen molar-refractivity contribution in [3.8, 4) is 0 Å². The summed E-state index contributed by atoms with van der Waals surface area (Å²) in [5.74, 6) is 0. The number of thioether (sulfide) groups is 1. The first kappa shape index (κ1) is 11.5. The van der Waals surface area contributed by atoms with E-state index in [-0.39, 0.29) is 0 Å². The fourth-order valence-electron chi connectivity index (χ4n) is 2.34. The molecule has 2 heteroatoms. The molecule has 0 atom stereocenters. The molecule has 0 unspecified atom stereocenters. The Kier molecular flexibility index (Phi) is 3.20. The Hall–Kier alpha value is -1.54. The smallest absolute Gasteiger partial charge is 0.0721 e. The largest absolute Gasteiger partial charge is 0.284 e. The molecule has 0 saturated heterocycles. The Bertz CT molecular complexity index is 584. The van der Waals surface area contributed by atoms with Crippen LogP contribution in [0.1, 0.15) is 16.7 Å². The van der Waals surface area contributed by atoms with Crippen LogP contribution >= 0.6 is 11.8 Å². The second kappa shape index (κ2) is 4.99. The highest BCUT2D eigenvalue weighted by Gasteiger charge is 2.14. The van der Waals surface area contributed by atoms with Gasteiger partial charge in [-0.15, -0.1) is 11.8 Å². The molecule has 90 valence electrons. The van der Waals surface area contributed by atoms with E-state index in [4.69, 9.17) is 4.99 Å². The van der Waals surface area contributed by atoms with Gasteiger partial charge < -0.3 is 0 Å². The van der Waals surface area contributed by atoms with Crippen LogP contribution < -0.4 is 0 Å². The molecule has 0 saturated carbocycles. The third kappa shape index (κ3) is 2.08. The molecule has 18 heavy (non-hydrogen) atoms. The van der Waals surface area contributed by atoms with Gasteiger partial charge in [-0.05, 0) is 30.4 Å². The van der Waals surface area contributed by atoms with Gasteiger partial charge >= 0.3 is 0 Å². The van der Waals surface area contributed by atoms with Gasteiger partial charge in [-0.3, -0.25) is 4.99 Å². The Balaban J connectivity index is 2.03. The summed E-state index contributed by atoms with van der Waals surface area (Å²) in [5, 5.41) is 0. The third-order valence-electron chi connectivity index (χ3n) is 3.29. The number of hydrogen-bond donors (Lipinski definition) is 0. The van der Waals surface area contributed by atoms with E-state index in [1.165, 1.54) is 21.6 Å². The van der Waals surface area contributed by atoms with E-state index in [9.17, 15) is 0 Å². The topological polar surface area (TPSA) is 12.4 Å². The fraction of sp³-hybridized carbons (Fsp3) is 0.188. The first-order valence-electron chi connectivity index (χ1n) is 6.15. The van der Waals surface area contributed by atoms with Crippen LogP contribution in [0, 0.1) is 0 Å². The lowest BCUT2D eigenvalue weighted by Gasteiger charge is -2.17. The second-order valence-corrected chi connectivity index (χ2v) is 5.25. The second-order valence-electron chi connectivity index (χ2n) is 4.37. The minimum atomic E-state index is 0.899. The SMILES string of the molecule is CSc1ccc(C2=NCCc3ccccc32)cc1. The Morgan fingerprint density at radius 1 is 1.00 bits per heavy atom. The van der Waals surface area contributed by atoms with Gasteiger partial charge in [-0.25, -0.2) is 0 Å². The summed E-state index contributed by atoms with van der Waals surface area (Å²) in [4.78, 5) is 6.00. The molecule has 0 N–H and O–H groups in total. The summed E-state index contributed by atoms with van der Waals surface area (Å²) in [7, 11) is 0. The third-order valence-corrected chi connectivity index (χ3v) is 4.03. The molecule has 1 aliphatic rings. The molecular formula is C16H15NS. The maximum atomic E-state index is 4.71. The number of nitrogens with zero attached hydrogens (tertiary/aromatic N) is 1. The van der Waals surface area contributed by atoms with E-state index in [0.29, 0.717) is 0 Å². The van der Waals surface area contributed by atoms with E-state index in [2.05, 4.69) is 54.8 Å². The van der Waals surface area contributed by atoms with Crippen molar-refractivity contribution in [3.05, 3.63) is 65.2 Å². The zero-order valence-corrected chi connectivity index (χ0v) is 11.2. The number of hydrogen-bond acceptors (Lipinski definition) is 2. The molecule has 3 rings (SSSR count).